The lowest BCUT2D eigenvalue weighted by atomic mass is 10.1. The van der Waals surface area contributed by atoms with E-state index in [4.69, 9.17) is 0 Å². The molecule has 170 valence electrons. The molecule has 0 atom stereocenters. The van der Waals surface area contributed by atoms with Crippen LogP contribution >= 0.6 is 15.9 Å². The molecule has 32 heavy (non-hydrogen) atoms. The van der Waals surface area contributed by atoms with E-state index >= 15 is 0 Å². The minimum Gasteiger partial charge on any atom is -0.355 e. The highest BCUT2D eigenvalue weighted by Gasteiger charge is 2.36. The normalized spacial score (nSPS) is 11.0. The number of rotatable bonds is 4. The minimum absolute atomic E-state index is 0. The Balaban J connectivity index is 0.00000363. The Morgan fingerprint density at radius 3 is 2.38 bits per heavy atom. The van der Waals surface area contributed by atoms with E-state index < -0.39 is 23.7 Å². The summed E-state index contributed by atoms with van der Waals surface area (Å²) in [7, 11) is 1.43. The Morgan fingerprint density at radius 1 is 1.09 bits per heavy atom. The fourth-order valence-electron chi connectivity index (χ4n) is 2.94. The van der Waals surface area contributed by atoms with E-state index in [1.54, 1.807) is 32.0 Å². The lowest BCUT2D eigenvalue weighted by molar-refractivity contribution is -0.141. The van der Waals surface area contributed by atoms with Crippen molar-refractivity contribution < 1.29 is 22.8 Å². The number of carbonyl (C=O) groups is 2. The monoisotopic (exact) mass is 511 g/mol. The van der Waals surface area contributed by atoms with Crippen LogP contribution in [0.3, 0.4) is 0 Å². The molecule has 1 aromatic carbocycles. The first kappa shape index (κ1) is 25.1. The maximum atomic E-state index is 13.3. The predicted molar refractivity (Wildman–Crippen MR) is 118 cm³/mol. The summed E-state index contributed by atoms with van der Waals surface area (Å²) in [6.07, 6.45) is -3.37. The number of nitrogens with one attached hydrogen (secondary N) is 2. The summed E-state index contributed by atoms with van der Waals surface area (Å²) in [5.74, 6) is -1.25. The zero-order chi connectivity index (χ0) is 22.9. The van der Waals surface area contributed by atoms with Gasteiger partial charge in [0.1, 0.15) is 5.69 Å². The van der Waals surface area contributed by atoms with Gasteiger partial charge >= 0.3 is 6.18 Å². The van der Waals surface area contributed by atoms with Crippen LogP contribution in [-0.4, -0.2) is 33.6 Å². The van der Waals surface area contributed by atoms with Crippen LogP contribution in [0.1, 0.15) is 45.1 Å². The molecular weight excluding hydrogens is 491 g/mol. The number of anilines is 1. The van der Waals surface area contributed by atoms with Crippen molar-refractivity contribution in [3.8, 4) is 5.82 Å². The number of aromatic nitrogens is 3. The van der Waals surface area contributed by atoms with Crippen LogP contribution in [0.25, 0.3) is 5.82 Å². The highest BCUT2D eigenvalue weighted by Crippen LogP contribution is 2.31. The molecule has 0 saturated carbocycles. The Kier molecular flexibility index (Phi) is 7.45. The molecule has 0 aliphatic rings. The summed E-state index contributed by atoms with van der Waals surface area (Å²) in [5, 5.41) is 8.59. The first-order valence-corrected chi connectivity index (χ1v) is 9.75. The Hall–Kier alpha value is -3.21. The molecule has 3 rings (SSSR count). The predicted octanol–water partition coefficient (Wildman–Crippen LogP) is 4.91. The third kappa shape index (κ3) is 4.98. The molecule has 2 amide bonds. The lowest BCUT2D eigenvalue weighted by Crippen LogP contribution is -2.23. The van der Waals surface area contributed by atoms with Crippen molar-refractivity contribution in [2.45, 2.75) is 27.5 Å². The quantitative estimate of drug-likeness (QED) is 0.520. The maximum Gasteiger partial charge on any atom is 0.435 e. The first-order chi connectivity index (χ1) is 14.5. The summed E-state index contributed by atoms with van der Waals surface area (Å²) in [6, 6.07) is 7.08. The highest BCUT2D eigenvalue weighted by molar-refractivity contribution is 9.10. The average molecular weight is 512 g/mol. The van der Waals surface area contributed by atoms with E-state index in [0.717, 1.165) is 4.68 Å². The molecule has 0 bridgehead atoms. The van der Waals surface area contributed by atoms with Gasteiger partial charge in [0.05, 0.1) is 11.3 Å². The van der Waals surface area contributed by atoms with E-state index in [2.05, 4.69) is 36.6 Å². The Morgan fingerprint density at radius 2 is 1.78 bits per heavy atom. The number of hydrogen-bond donors (Lipinski definition) is 2. The first-order valence-electron chi connectivity index (χ1n) is 8.95. The van der Waals surface area contributed by atoms with E-state index in [-0.39, 0.29) is 30.2 Å². The van der Waals surface area contributed by atoms with Crippen molar-refractivity contribution in [3.63, 3.8) is 0 Å². The van der Waals surface area contributed by atoms with Crippen LogP contribution in [0.15, 0.2) is 41.0 Å². The van der Waals surface area contributed by atoms with Gasteiger partial charge in [0.25, 0.3) is 11.8 Å². The van der Waals surface area contributed by atoms with E-state index in [9.17, 15) is 22.8 Å². The van der Waals surface area contributed by atoms with Crippen molar-refractivity contribution in [3.05, 3.63) is 69.1 Å². The SMILES string of the molecule is C.CNC(=O)c1cc(Br)cc(C)c1NC(=O)c1cc(C(F)(F)F)nn1-c1ncccc1C. The van der Waals surface area contributed by atoms with Crippen LogP contribution in [0.2, 0.25) is 0 Å². The summed E-state index contributed by atoms with van der Waals surface area (Å²) in [5.41, 5.74) is -0.219. The molecular formula is C21H21BrF3N5O2. The number of hydrogen-bond acceptors (Lipinski definition) is 4. The number of nitrogens with zero attached hydrogens (tertiary/aromatic N) is 3. The molecule has 0 unspecified atom stereocenters. The average Bonchev–Trinajstić information content (AvgIpc) is 3.15. The van der Waals surface area contributed by atoms with Crippen LogP contribution in [0.5, 0.6) is 0 Å². The molecule has 0 spiro atoms. The van der Waals surface area contributed by atoms with Gasteiger partial charge in [-0.15, -0.1) is 0 Å². The van der Waals surface area contributed by atoms with Gasteiger partial charge in [-0.2, -0.15) is 18.3 Å². The number of pyridine rings is 1. The largest absolute Gasteiger partial charge is 0.435 e. The number of aryl methyl sites for hydroxylation is 2. The lowest BCUT2D eigenvalue weighted by Gasteiger charge is -2.15. The van der Waals surface area contributed by atoms with Gasteiger partial charge in [-0.3, -0.25) is 9.59 Å². The summed E-state index contributed by atoms with van der Waals surface area (Å²) >= 11 is 3.29. The zero-order valence-corrected chi connectivity index (χ0v) is 18.2. The third-order valence-corrected chi connectivity index (χ3v) is 4.88. The number of benzene rings is 1. The van der Waals surface area contributed by atoms with E-state index in [0.29, 0.717) is 21.7 Å². The minimum atomic E-state index is -4.76. The summed E-state index contributed by atoms with van der Waals surface area (Å²) < 4.78 is 41.4. The second-order valence-electron chi connectivity index (χ2n) is 6.65. The van der Waals surface area contributed by atoms with E-state index in [1.807, 2.05) is 0 Å². The molecule has 0 aliphatic heterocycles. The van der Waals surface area contributed by atoms with Gasteiger partial charge < -0.3 is 10.6 Å². The van der Waals surface area contributed by atoms with E-state index in [1.165, 1.54) is 19.3 Å². The highest BCUT2D eigenvalue weighted by atomic mass is 79.9. The molecule has 0 saturated heterocycles. The van der Waals surface area contributed by atoms with Crippen molar-refractivity contribution >= 4 is 33.4 Å². The fraction of sp³-hybridized carbons (Fsp3) is 0.238. The van der Waals surface area contributed by atoms with Crippen molar-refractivity contribution in [1.82, 2.24) is 20.1 Å². The number of carbonyl (C=O) groups excluding carboxylic acids is 2. The van der Waals surface area contributed by atoms with Gasteiger partial charge in [-0.05, 0) is 43.2 Å². The Bertz CT molecular complexity index is 1170. The third-order valence-electron chi connectivity index (χ3n) is 4.43. The zero-order valence-electron chi connectivity index (χ0n) is 16.6. The topological polar surface area (TPSA) is 88.9 Å². The van der Waals surface area contributed by atoms with Crippen LogP contribution in [0.4, 0.5) is 18.9 Å². The fourth-order valence-corrected chi connectivity index (χ4v) is 3.51. The number of amides is 2. The van der Waals surface area contributed by atoms with Gasteiger partial charge in [0, 0.05) is 23.8 Å². The summed E-state index contributed by atoms with van der Waals surface area (Å²) in [4.78, 5) is 29.4. The second kappa shape index (κ2) is 9.51. The molecule has 0 radical (unpaired) electrons. The van der Waals surface area contributed by atoms with Crippen LogP contribution in [-0.2, 0) is 6.18 Å². The second-order valence-corrected chi connectivity index (χ2v) is 7.56. The van der Waals surface area contributed by atoms with Gasteiger partial charge in [0.15, 0.2) is 11.5 Å². The number of halogens is 4. The van der Waals surface area contributed by atoms with Gasteiger partial charge in [0.2, 0.25) is 0 Å². The molecule has 3 aromatic rings. The van der Waals surface area contributed by atoms with Crippen LogP contribution in [0, 0.1) is 13.8 Å². The smallest absolute Gasteiger partial charge is 0.355 e. The Labute approximate surface area is 191 Å². The molecule has 11 heteroatoms. The maximum absolute atomic E-state index is 13.3. The van der Waals surface area contributed by atoms with Crippen LogP contribution < -0.4 is 10.6 Å². The molecule has 2 heterocycles. The molecule has 7 nitrogen and oxygen atoms in total. The molecule has 2 aromatic heterocycles. The molecule has 0 aliphatic carbocycles. The van der Waals surface area contributed by atoms with Crippen molar-refractivity contribution in [2.75, 3.05) is 12.4 Å². The van der Waals surface area contributed by atoms with Crippen molar-refractivity contribution in [1.29, 1.82) is 0 Å². The standard InChI is InChI=1S/C20H17BrF3N5O2.CH4/c1-10-5-4-6-26-17(10)29-14(9-15(28-29)20(22,23)24)19(31)27-16-11(2)7-12(21)8-13(16)18(30)25-3;/h4-9H,1-3H3,(H,25,30)(H,27,31);1H4. The van der Waals surface area contributed by atoms with Gasteiger partial charge in [-0.1, -0.05) is 29.4 Å². The summed E-state index contributed by atoms with van der Waals surface area (Å²) in [6.45, 7) is 3.30. The van der Waals surface area contributed by atoms with Crippen molar-refractivity contribution in [2.24, 2.45) is 0 Å². The van der Waals surface area contributed by atoms with Gasteiger partial charge in [-0.25, -0.2) is 9.67 Å². The number of alkyl halides is 3. The molecule has 2 N–H and O–H groups in total. The molecule has 0 fully saturated rings.